The third kappa shape index (κ3) is 4.79. The molecule has 0 aliphatic carbocycles. The van der Waals surface area contributed by atoms with Crippen LogP contribution in [0.25, 0.3) is 0 Å². The Kier molecular flexibility index (Phi) is 6.16. The SMILES string of the molecule is CC(=O)N(CCC(=O)N1CCN(C)CC1)C(C)c1ccccc1. The molecule has 1 aromatic carbocycles. The van der Waals surface area contributed by atoms with Gasteiger partial charge in [0.2, 0.25) is 11.8 Å². The van der Waals surface area contributed by atoms with Crippen LogP contribution in [0.3, 0.4) is 0 Å². The van der Waals surface area contributed by atoms with Crippen molar-refractivity contribution in [1.29, 1.82) is 0 Å². The number of hydrogen-bond donors (Lipinski definition) is 0. The van der Waals surface area contributed by atoms with Crippen LogP contribution < -0.4 is 0 Å². The van der Waals surface area contributed by atoms with Crippen LogP contribution >= 0.6 is 0 Å². The fraction of sp³-hybridized carbons (Fsp3) is 0.556. The van der Waals surface area contributed by atoms with Gasteiger partial charge in [-0.3, -0.25) is 9.59 Å². The summed E-state index contributed by atoms with van der Waals surface area (Å²) in [6.45, 7) is 7.45. The molecule has 126 valence electrons. The number of nitrogens with zero attached hydrogens (tertiary/aromatic N) is 3. The van der Waals surface area contributed by atoms with Crippen LogP contribution in [0.2, 0.25) is 0 Å². The molecule has 0 saturated carbocycles. The number of likely N-dealkylation sites (N-methyl/N-ethyl adjacent to an activating group) is 1. The maximum Gasteiger partial charge on any atom is 0.224 e. The number of benzene rings is 1. The summed E-state index contributed by atoms with van der Waals surface area (Å²) >= 11 is 0. The van der Waals surface area contributed by atoms with E-state index in [1.54, 1.807) is 11.8 Å². The van der Waals surface area contributed by atoms with Crippen molar-refractivity contribution in [1.82, 2.24) is 14.7 Å². The van der Waals surface area contributed by atoms with E-state index in [9.17, 15) is 9.59 Å². The maximum absolute atomic E-state index is 12.4. The molecule has 0 spiro atoms. The summed E-state index contributed by atoms with van der Waals surface area (Å²) in [7, 11) is 2.07. The van der Waals surface area contributed by atoms with Gasteiger partial charge in [0.15, 0.2) is 0 Å². The van der Waals surface area contributed by atoms with Crippen molar-refractivity contribution in [3.8, 4) is 0 Å². The van der Waals surface area contributed by atoms with E-state index in [0.717, 1.165) is 31.7 Å². The van der Waals surface area contributed by atoms with E-state index in [-0.39, 0.29) is 17.9 Å². The van der Waals surface area contributed by atoms with Crippen molar-refractivity contribution in [3.05, 3.63) is 35.9 Å². The van der Waals surface area contributed by atoms with Gasteiger partial charge in [-0.1, -0.05) is 30.3 Å². The summed E-state index contributed by atoms with van der Waals surface area (Å²) < 4.78 is 0. The first-order chi connectivity index (χ1) is 11.0. The second-order valence-corrected chi connectivity index (χ2v) is 6.23. The van der Waals surface area contributed by atoms with Crippen molar-refractivity contribution in [3.63, 3.8) is 0 Å². The molecular weight excluding hydrogens is 290 g/mol. The van der Waals surface area contributed by atoms with Crippen molar-refractivity contribution in [2.75, 3.05) is 39.8 Å². The predicted octanol–water partition coefficient (Wildman–Crippen LogP) is 1.76. The Bertz CT molecular complexity index is 524. The molecular formula is C18H27N3O2. The molecule has 2 amide bonds. The summed E-state index contributed by atoms with van der Waals surface area (Å²) in [6.07, 6.45) is 0.389. The molecule has 1 aliphatic heterocycles. The molecule has 1 fully saturated rings. The molecule has 0 radical (unpaired) electrons. The van der Waals surface area contributed by atoms with Crippen LogP contribution in [0.1, 0.15) is 31.9 Å². The number of amides is 2. The van der Waals surface area contributed by atoms with Gasteiger partial charge in [0.25, 0.3) is 0 Å². The highest BCUT2D eigenvalue weighted by molar-refractivity contribution is 5.78. The highest BCUT2D eigenvalue weighted by Crippen LogP contribution is 2.20. The van der Waals surface area contributed by atoms with Crippen molar-refractivity contribution < 1.29 is 9.59 Å². The van der Waals surface area contributed by atoms with Gasteiger partial charge in [0, 0.05) is 46.1 Å². The number of carbonyl (C=O) groups excluding carboxylic acids is 2. The van der Waals surface area contributed by atoms with E-state index in [1.807, 2.05) is 42.2 Å². The van der Waals surface area contributed by atoms with Gasteiger partial charge in [-0.2, -0.15) is 0 Å². The van der Waals surface area contributed by atoms with Gasteiger partial charge in [-0.05, 0) is 19.5 Å². The molecule has 2 rings (SSSR count). The fourth-order valence-electron chi connectivity index (χ4n) is 2.97. The molecule has 5 heteroatoms. The molecule has 1 unspecified atom stereocenters. The van der Waals surface area contributed by atoms with Crippen LogP contribution in [-0.4, -0.2) is 66.3 Å². The second-order valence-electron chi connectivity index (χ2n) is 6.23. The van der Waals surface area contributed by atoms with E-state index in [0.29, 0.717) is 13.0 Å². The van der Waals surface area contributed by atoms with Crippen molar-refractivity contribution in [2.24, 2.45) is 0 Å². The minimum atomic E-state index is -0.0195. The minimum absolute atomic E-state index is 0.00697. The number of piperazine rings is 1. The first-order valence-electron chi connectivity index (χ1n) is 8.27. The van der Waals surface area contributed by atoms with E-state index in [4.69, 9.17) is 0 Å². The van der Waals surface area contributed by atoms with Crippen LogP contribution in [0, 0.1) is 0 Å². The van der Waals surface area contributed by atoms with E-state index in [2.05, 4.69) is 11.9 Å². The Morgan fingerprint density at radius 1 is 1.13 bits per heavy atom. The molecule has 1 atom stereocenters. The number of rotatable bonds is 5. The number of hydrogen-bond acceptors (Lipinski definition) is 3. The lowest BCUT2D eigenvalue weighted by atomic mass is 10.1. The first kappa shape index (κ1) is 17.5. The molecule has 23 heavy (non-hydrogen) atoms. The molecule has 0 aromatic heterocycles. The summed E-state index contributed by atoms with van der Waals surface area (Å²) in [6, 6.07) is 9.92. The maximum atomic E-state index is 12.4. The molecule has 5 nitrogen and oxygen atoms in total. The summed E-state index contributed by atoms with van der Waals surface area (Å²) in [5.74, 6) is 0.150. The highest BCUT2D eigenvalue weighted by atomic mass is 16.2. The largest absolute Gasteiger partial charge is 0.340 e. The molecule has 1 saturated heterocycles. The van der Waals surface area contributed by atoms with Crippen molar-refractivity contribution in [2.45, 2.75) is 26.3 Å². The lowest BCUT2D eigenvalue weighted by molar-refractivity contribution is -0.135. The van der Waals surface area contributed by atoms with Crippen LogP contribution in [0.15, 0.2) is 30.3 Å². The normalized spacial score (nSPS) is 16.9. The molecule has 1 aromatic rings. The van der Waals surface area contributed by atoms with Crippen LogP contribution in [-0.2, 0) is 9.59 Å². The third-order valence-corrected chi connectivity index (χ3v) is 4.58. The van der Waals surface area contributed by atoms with Crippen molar-refractivity contribution >= 4 is 11.8 Å². The van der Waals surface area contributed by atoms with Gasteiger partial charge in [0.1, 0.15) is 0 Å². The lowest BCUT2D eigenvalue weighted by Crippen LogP contribution is -2.48. The van der Waals surface area contributed by atoms with Gasteiger partial charge < -0.3 is 14.7 Å². The van der Waals surface area contributed by atoms with E-state index in [1.165, 1.54) is 0 Å². The zero-order chi connectivity index (χ0) is 16.8. The summed E-state index contributed by atoms with van der Waals surface area (Å²) in [4.78, 5) is 30.3. The van der Waals surface area contributed by atoms with Crippen LogP contribution in [0.5, 0.6) is 0 Å². The smallest absolute Gasteiger partial charge is 0.224 e. The Labute approximate surface area is 138 Å². The van der Waals surface area contributed by atoms with E-state index < -0.39 is 0 Å². The Balaban J connectivity index is 1.92. The second kappa shape index (κ2) is 8.11. The van der Waals surface area contributed by atoms with Gasteiger partial charge in [-0.15, -0.1) is 0 Å². The topological polar surface area (TPSA) is 43.9 Å². The average molecular weight is 317 g/mol. The number of carbonyl (C=O) groups is 2. The first-order valence-corrected chi connectivity index (χ1v) is 8.27. The zero-order valence-electron chi connectivity index (χ0n) is 14.4. The fourth-order valence-corrected chi connectivity index (χ4v) is 2.97. The highest BCUT2D eigenvalue weighted by Gasteiger charge is 2.22. The molecule has 1 heterocycles. The molecule has 0 bridgehead atoms. The standard InChI is InChI=1S/C18H27N3O2/c1-15(17-7-5-4-6-8-17)21(16(2)22)10-9-18(23)20-13-11-19(3)12-14-20/h4-8,15H,9-14H2,1-3H3. The minimum Gasteiger partial charge on any atom is -0.340 e. The van der Waals surface area contributed by atoms with Gasteiger partial charge in [-0.25, -0.2) is 0 Å². The predicted molar refractivity (Wildman–Crippen MR) is 90.9 cm³/mol. The quantitative estimate of drug-likeness (QED) is 0.831. The van der Waals surface area contributed by atoms with Gasteiger partial charge in [0.05, 0.1) is 6.04 Å². The Morgan fingerprint density at radius 3 is 2.30 bits per heavy atom. The van der Waals surface area contributed by atoms with E-state index >= 15 is 0 Å². The lowest BCUT2D eigenvalue weighted by Gasteiger charge is -2.34. The zero-order valence-corrected chi connectivity index (χ0v) is 14.4. The monoisotopic (exact) mass is 317 g/mol. The summed E-state index contributed by atoms with van der Waals surface area (Å²) in [5.41, 5.74) is 1.09. The summed E-state index contributed by atoms with van der Waals surface area (Å²) in [5, 5.41) is 0. The Morgan fingerprint density at radius 2 is 1.74 bits per heavy atom. The van der Waals surface area contributed by atoms with Gasteiger partial charge >= 0.3 is 0 Å². The third-order valence-electron chi connectivity index (χ3n) is 4.58. The van der Waals surface area contributed by atoms with Crippen LogP contribution in [0.4, 0.5) is 0 Å². The average Bonchev–Trinajstić information content (AvgIpc) is 2.55. The Hall–Kier alpha value is -1.88. The molecule has 1 aliphatic rings. The molecule has 0 N–H and O–H groups in total.